The Bertz CT molecular complexity index is 796. The Balaban J connectivity index is 2.29. The van der Waals surface area contributed by atoms with E-state index in [0.29, 0.717) is 17.1 Å². The molecule has 1 heterocycles. The second kappa shape index (κ2) is 8.91. The predicted octanol–water partition coefficient (Wildman–Crippen LogP) is 0.465. The standard InChI is InChI=1S/C16H22N2O8S/c1-4-24-15(19)12(8-17-16(20)23-2)18(27(3,21)22)9-11-5-6-13-14(7-11)26-10-25-13/h5-7,12H,4,8-10H2,1-3H3,(H,17,20). The molecule has 10 nitrogen and oxygen atoms in total. The summed E-state index contributed by atoms with van der Waals surface area (Å²) in [6.45, 7) is 1.33. The quantitative estimate of drug-likeness (QED) is 0.623. The summed E-state index contributed by atoms with van der Waals surface area (Å²) in [5.74, 6) is 0.264. The Morgan fingerprint density at radius 3 is 2.63 bits per heavy atom. The van der Waals surface area contributed by atoms with E-state index < -0.39 is 28.1 Å². The Morgan fingerprint density at radius 1 is 1.30 bits per heavy atom. The number of hydrogen-bond donors (Lipinski definition) is 1. The Labute approximate surface area is 157 Å². The molecule has 1 aromatic rings. The summed E-state index contributed by atoms with van der Waals surface area (Å²) in [6.07, 6.45) is 0.186. The van der Waals surface area contributed by atoms with Crippen LogP contribution in [0.4, 0.5) is 4.79 Å². The fourth-order valence-electron chi connectivity index (χ4n) is 2.47. The van der Waals surface area contributed by atoms with E-state index >= 15 is 0 Å². The topological polar surface area (TPSA) is 120 Å². The molecule has 1 amide bonds. The smallest absolute Gasteiger partial charge is 0.406 e. The average Bonchev–Trinajstić information content (AvgIpc) is 3.07. The number of sulfonamides is 1. The number of rotatable bonds is 8. The van der Waals surface area contributed by atoms with Crippen molar-refractivity contribution < 1.29 is 37.0 Å². The van der Waals surface area contributed by atoms with E-state index in [1.165, 1.54) is 0 Å². The molecule has 1 aliphatic rings. The third-order valence-corrected chi connectivity index (χ3v) is 4.97. The zero-order chi connectivity index (χ0) is 20.0. The Kier molecular flexibility index (Phi) is 6.86. The zero-order valence-electron chi connectivity index (χ0n) is 15.3. The fourth-order valence-corrected chi connectivity index (χ4v) is 3.48. The lowest BCUT2D eigenvalue weighted by molar-refractivity contribution is -0.147. The number of alkyl carbamates (subject to hydrolysis) is 1. The van der Waals surface area contributed by atoms with Crippen molar-refractivity contribution in [2.24, 2.45) is 0 Å². The van der Waals surface area contributed by atoms with Gasteiger partial charge in [-0.05, 0) is 24.6 Å². The minimum Gasteiger partial charge on any atom is -0.465 e. The SMILES string of the molecule is CCOC(=O)C(CNC(=O)OC)N(Cc1ccc2c(c1)OCO2)S(C)(=O)=O. The number of amides is 1. The molecule has 1 unspecified atom stereocenters. The number of hydrogen-bond acceptors (Lipinski definition) is 8. The summed E-state index contributed by atoms with van der Waals surface area (Å²) in [6, 6.07) is 3.70. The summed E-state index contributed by atoms with van der Waals surface area (Å²) in [4.78, 5) is 23.7. The van der Waals surface area contributed by atoms with Crippen LogP contribution in [0, 0.1) is 0 Å². The van der Waals surface area contributed by atoms with Crippen LogP contribution in [0.25, 0.3) is 0 Å². The number of esters is 1. The van der Waals surface area contributed by atoms with Crippen molar-refractivity contribution in [3.8, 4) is 11.5 Å². The van der Waals surface area contributed by atoms with E-state index in [0.717, 1.165) is 17.7 Å². The van der Waals surface area contributed by atoms with Crippen LogP contribution < -0.4 is 14.8 Å². The van der Waals surface area contributed by atoms with Gasteiger partial charge in [-0.2, -0.15) is 4.31 Å². The number of nitrogens with one attached hydrogen (secondary N) is 1. The van der Waals surface area contributed by atoms with E-state index in [-0.39, 0.29) is 26.5 Å². The molecular weight excluding hydrogens is 380 g/mol. The van der Waals surface area contributed by atoms with E-state index in [1.54, 1.807) is 25.1 Å². The van der Waals surface area contributed by atoms with Gasteiger partial charge in [0.05, 0.1) is 20.0 Å². The number of nitrogens with zero attached hydrogens (tertiary/aromatic N) is 1. The Morgan fingerprint density at radius 2 is 2.00 bits per heavy atom. The first-order chi connectivity index (χ1) is 12.8. The van der Waals surface area contributed by atoms with Gasteiger partial charge >= 0.3 is 12.1 Å². The van der Waals surface area contributed by atoms with Crippen LogP contribution in [0.5, 0.6) is 11.5 Å². The molecule has 11 heteroatoms. The molecule has 1 aromatic carbocycles. The number of carbonyl (C=O) groups excluding carboxylic acids is 2. The first-order valence-corrected chi connectivity index (χ1v) is 9.95. The first-order valence-electron chi connectivity index (χ1n) is 8.10. The molecule has 0 saturated carbocycles. The highest BCUT2D eigenvalue weighted by atomic mass is 32.2. The number of benzene rings is 1. The maximum absolute atomic E-state index is 12.4. The largest absolute Gasteiger partial charge is 0.465 e. The van der Waals surface area contributed by atoms with Gasteiger partial charge in [0.25, 0.3) is 0 Å². The lowest BCUT2D eigenvalue weighted by atomic mass is 10.2. The van der Waals surface area contributed by atoms with E-state index in [2.05, 4.69) is 10.1 Å². The predicted molar refractivity (Wildman–Crippen MR) is 93.8 cm³/mol. The highest BCUT2D eigenvalue weighted by molar-refractivity contribution is 7.88. The average molecular weight is 402 g/mol. The molecule has 2 rings (SSSR count). The van der Waals surface area contributed by atoms with Crippen LogP contribution in [0.1, 0.15) is 12.5 Å². The number of ether oxygens (including phenoxy) is 4. The van der Waals surface area contributed by atoms with Crippen LogP contribution >= 0.6 is 0 Å². The van der Waals surface area contributed by atoms with Gasteiger partial charge in [-0.15, -0.1) is 0 Å². The van der Waals surface area contributed by atoms with Crippen molar-refractivity contribution >= 4 is 22.1 Å². The lowest BCUT2D eigenvalue weighted by Crippen LogP contribution is -2.51. The van der Waals surface area contributed by atoms with Crippen LogP contribution in [0.2, 0.25) is 0 Å². The highest BCUT2D eigenvalue weighted by Crippen LogP contribution is 2.33. The molecule has 0 spiro atoms. The molecule has 1 N–H and O–H groups in total. The van der Waals surface area contributed by atoms with Crippen molar-refractivity contribution in [1.82, 2.24) is 9.62 Å². The molecule has 1 atom stereocenters. The molecule has 0 aromatic heterocycles. The molecule has 0 bridgehead atoms. The van der Waals surface area contributed by atoms with Crippen molar-refractivity contribution in [3.63, 3.8) is 0 Å². The van der Waals surface area contributed by atoms with E-state index in [4.69, 9.17) is 14.2 Å². The normalized spacial score (nSPS) is 13.9. The minimum atomic E-state index is -3.83. The maximum Gasteiger partial charge on any atom is 0.406 e. The second-order valence-corrected chi connectivity index (χ2v) is 7.57. The summed E-state index contributed by atoms with van der Waals surface area (Å²) in [5.41, 5.74) is 0.581. The summed E-state index contributed by atoms with van der Waals surface area (Å²) in [7, 11) is -2.66. The van der Waals surface area contributed by atoms with Crippen molar-refractivity contribution in [2.45, 2.75) is 19.5 Å². The minimum absolute atomic E-state index is 0.0647. The van der Waals surface area contributed by atoms with Crippen LogP contribution in [-0.2, 0) is 30.8 Å². The van der Waals surface area contributed by atoms with Gasteiger partial charge in [0.1, 0.15) is 6.04 Å². The summed E-state index contributed by atoms with van der Waals surface area (Å²) in [5, 5.41) is 2.34. The maximum atomic E-state index is 12.4. The number of fused-ring (bicyclic) bond motifs is 1. The van der Waals surface area contributed by atoms with Gasteiger partial charge in [0.15, 0.2) is 11.5 Å². The molecule has 150 valence electrons. The van der Waals surface area contributed by atoms with E-state index in [9.17, 15) is 18.0 Å². The second-order valence-electron chi connectivity index (χ2n) is 5.64. The van der Waals surface area contributed by atoms with Gasteiger partial charge in [-0.25, -0.2) is 13.2 Å². The molecule has 0 radical (unpaired) electrons. The van der Waals surface area contributed by atoms with Gasteiger partial charge in [0.2, 0.25) is 16.8 Å². The van der Waals surface area contributed by atoms with Crippen molar-refractivity contribution in [3.05, 3.63) is 23.8 Å². The molecule has 0 saturated heterocycles. The lowest BCUT2D eigenvalue weighted by Gasteiger charge is -2.28. The highest BCUT2D eigenvalue weighted by Gasteiger charge is 2.34. The summed E-state index contributed by atoms with van der Waals surface area (Å²) < 4.78 is 45.6. The van der Waals surface area contributed by atoms with Gasteiger partial charge < -0.3 is 24.3 Å². The zero-order valence-corrected chi connectivity index (χ0v) is 16.1. The summed E-state index contributed by atoms with van der Waals surface area (Å²) >= 11 is 0. The van der Waals surface area contributed by atoms with Gasteiger partial charge in [0, 0.05) is 13.1 Å². The third kappa shape index (κ3) is 5.47. The molecule has 27 heavy (non-hydrogen) atoms. The van der Waals surface area contributed by atoms with Crippen molar-refractivity contribution in [1.29, 1.82) is 0 Å². The molecule has 1 aliphatic heterocycles. The third-order valence-electron chi connectivity index (χ3n) is 3.73. The number of carbonyl (C=O) groups is 2. The number of methoxy groups -OCH3 is 1. The van der Waals surface area contributed by atoms with Crippen LogP contribution in [-0.4, -0.2) is 64.1 Å². The Hall–Kier alpha value is -2.53. The fraction of sp³-hybridized carbons (Fsp3) is 0.500. The van der Waals surface area contributed by atoms with Crippen LogP contribution in [0.3, 0.4) is 0 Å². The molecule has 0 aliphatic carbocycles. The molecular formula is C16H22N2O8S. The van der Waals surface area contributed by atoms with E-state index in [1.807, 2.05) is 0 Å². The van der Waals surface area contributed by atoms with Crippen LogP contribution in [0.15, 0.2) is 18.2 Å². The van der Waals surface area contributed by atoms with Gasteiger partial charge in [-0.3, -0.25) is 4.79 Å². The van der Waals surface area contributed by atoms with Crippen molar-refractivity contribution in [2.75, 3.05) is 33.3 Å². The first kappa shape index (κ1) is 20.8. The molecule has 0 fully saturated rings. The monoisotopic (exact) mass is 402 g/mol. The van der Waals surface area contributed by atoms with Gasteiger partial charge in [-0.1, -0.05) is 6.07 Å².